The Morgan fingerprint density at radius 2 is 1.88 bits per heavy atom. The molecule has 0 unspecified atom stereocenters. The summed E-state index contributed by atoms with van der Waals surface area (Å²) < 4.78 is 0. The summed E-state index contributed by atoms with van der Waals surface area (Å²) in [6.07, 6.45) is 2.35. The Morgan fingerprint density at radius 3 is 2.65 bits per heavy atom. The molecule has 2 N–H and O–H groups in total. The Bertz CT molecular complexity index is 970. The minimum atomic E-state index is 0.0537. The molecule has 0 aliphatic heterocycles. The highest BCUT2D eigenvalue weighted by atomic mass is 32.1. The number of nitrogens with one attached hydrogen (secondary N) is 2. The van der Waals surface area contributed by atoms with Gasteiger partial charge < -0.3 is 10.3 Å². The lowest BCUT2D eigenvalue weighted by molar-refractivity contribution is -0.116. The SMILES string of the molecule is O=C(CCCc1cccs1)Nc1ccc(-c2nc3ccccc3[nH]2)cc1. The molecule has 1 amide bonds. The quantitative estimate of drug-likeness (QED) is 0.492. The zero-order chi connectivity index (χ0) is 17.8. The summed E-state index contributed by atoms with van der Waals surface area (Å²) in [4.78, 5) is 21.3. The first kappa shape index (κ1) is 16.5. The zero-order valence-corrected chi connectivity index (χ0v) is 15.1. The van der Waals surface area contributed by atoms with Gasteiger partial charge in [-0.2, -0.15) is 0 Å². The topological polar surface area (TPSA) is 57.8 Å². The van der Waals surface area contributed by atoms with Crippen molar-refractivity contribution in [3.05, 3.63) is 70.9 Å². The number of hydrogen-bond acceptors (Lipinski definition) is 3. The lowest BCUT2D eigenvalue weighted by Crippen LogP contribution is -2.11. The maximum atomic E-state index is 12.1. The lowest BCUT2D eigenvalue weighted by atomic mass is 10.2. The van der Waals surface area contributed by atoms with Crippen molar-refractivity contribution in [3.8, 4) is 11.4 Å². The van der Waals surface area contributed by atoms with E-state index in [9.17, 15) is 4.79 Å². The fourth-order valence-corrected chi connectivity index (χ4v) is 3.65. The molecular weight excluding hydrogens is 342 g/mol. The van der Waals surface area contributed by atoms with E-state index in [0.29, 0.717) is 6.42 Å². The number of aromatic nitrogens is 2. The third-order valence-electron chi connectivity index (χ3n) is 4.24. The van der Waals surface area contributed by atoms with E-state index in [1.165, 1.54) is 4.88 Å². The number of imidazole rings is 1. The van der Waals surface area contributed by atoms with Gasteiger partial charge in [0.2, 0.25) is 5.91 Å². The van der Waals surface area contributed by atoms with Crippen LogP contribution in [0, 0.1) is 0 Å². The van der Waals surface area contributed by atoms with Crippen molar-refractivity contribution >= 4 is 34.0 Å². The van der Waals surface area contributed by atoms with Gasteiger partial charge in [-0.25, -0.2) is 4.98 Å². The van der Waals surface area contributed by atoms with Gasteiger partial charge in [-0.1, -0.05) is 18.2 Å². The normalized spacial score (nSPS) is 10.9. The van der Waals surface area contributed by atoms with Crippen molar-refractivity contribution < 1.29 is 4.79 Å². The highest BCUT2D eigenvalue weighted by molar-refractivity contribution is 7.09. The molecule has 4 aromatic rings. The number of thiophene rings is 1. The van der Waals surface area contributed by atoms with Crippen molar-refractivity contribution in [1.82, 2.24) is 9.97 Å². The highest BCUT2D eigenvalue weighted by Gasteiger charge is 2.06. The second-order valence-electron chi connectivity index (χ2n) is 6.16. The van der Waals surface area contributed by atoms with Crippen LogP contribution in [0.2, 0.25) is 0 Å². The molecule has 0 spiro atoms. The number of anilines is 1. The number of benzene rings is 2. The maximum absolute atomic E-state index is 12.1. The molecule has 0 aliphatic carbocycles. The highest BCUT2D eigenvalue weighted by Crippen LogP contribution is 2.22. The number of carbonyl (C=O) groups excluding carboxylic acids is 1. The average Bonchev–Trinajstić information content (AvgIpc) is 3.31. The maximum Gasteiger partial charge on any atom is 0.224 e. The van der Waals surface area contributed by atoms with Gasteiger partial charge in [-0.15, -0.1) is 11.3 Å². The van der Waals surface area contributed by atoms with E-state index in [-0.39, 0.29) is 5.91 Å². The van der Waals surface area contributed by atoms with Crippen LogP contribution in [0.5, 0.6) is 0 Å². The second-order valence-corrected chi connectivity index (χ2v) is 7.19. The van der Waals surface area contributed by atoms with Gasteiger partial charge in [0.1, 0.15) is 5.82 Å². The van der Waals surface area contributed by atoms with Gasteiger partial charge in [0, 0.05) is 22.5 Å². The molecular formula is C21H19N3OS. The Kier molecular flexibility index (Phi) is 4.80. The van der Waals surface area contributed by atoms with Crippen LogP contribution < -0.4 is 5.32 Å². The van der Waals surface area contributed by atoms with Crippen LogP contribution in [-0.4, -0.2) is 15.9 Å². The number of rotatable bonds is 6. The van der Waals surface area contributed by atoms with Crippen LogP contribution in [-0.2, 0) is 11.2 Å². The van der Waals surface area contributed by atoms with E-state index < -0.39 is 0 Å². The third-order valence-corrected chi connectivity index (χ3v) is 5.17. The molecule has 4 rings (SSSR count). The fourth-order valence-electron chi connectivity index (χ4n) is 2.90. The number of aryl methyl sites for hydroxylation is 1. The van der Waals surface area contributed by atoms with Crippen LogP contribution in [0.15, 0.2) is 66.0 Å². The smallest absolute Gasteiger partial charge is 0.224 e. The summed E-state index contributed by atoms with van der Waals surface area (Å²) in [5.74, 6) is 0.887. The number of amides is 1. The molecule has 0 radical (unpaired) electrons. The van der Waals surface area contributed by atoms with Crippen LogP contribution >= 0.6 is 11.3 Å². The number of carbonyl (C=O) groups is 1. The summed E-state index contributed by atoms with van der Waals surface area (Å²) in [7, 11) is 0. The van der Waals surface area contributed by atoms with Crippen LogP contribution in [0.4, 0.5) is 5.69 Å². The molecule has 2 heterocycles. The molecule has 130 valence electrons. The van der Waals surface area contributed by atoms with Gasteiger partial charge in [0.05, 0.1) is 11.0 Å². The lowest BCUT2D eigenvalue weighted by Gasteiger charge is -2.06. The van der Waals surface area contributed by atoms with E-state index in [1.54, 1.807) is 11.3 Å². The Balaban J connectivity index is 1.35. The van der Waals surface area contributed by atoms with Gasteiger partial charge in [0.25, 0.3) is 0 Å². The molecule has 0 fully saturated rings. The summed E-state index contributed by atoms with van der Waals surface area (Å²) in [6, 6.07) is 19.9. The van der Waals surface area contributed by atoms with Crippen molar-refractivity contribution in [2.45, 2.75) is 19.3 Å². The van der Waals surface area contributed by atoms with Crippen molar-refractivity contribution in [1.29, 1.82) is 0 Å². The number of aromatic amines is 1. The molecule has 26 heavy (non-hydrogen) atoms. The Morgan fingerprint density at radius 1 is 1.04 bits per heavy atom. The zero-order valence-electron chi connectivity index (χ0n) is 14.2. The minimum absolute atomic E-state index is 0.0537. The number of hydrogen-bond donors (Lipinski definition) is 2. The standard InChI is InChI=1S/C21H19N3OS/c25-20(9-3-5-17-6-4-14-26-17)22-16-12-10-15(11-13-16)21-23-18-7-1-2-8-19(18)24-21/h1-2,4,6-8,10-14H,3,5,9H2,(H,22,25)(H,23,24). The first-order valence-corrected chi connectivity index (χ1v) is 9.53. The number of nitrogens with zero attached hydrogens (tertiary/aromatic N) is 1. The Hall–Kier alpha value is -2.92. The molecule has 5 heteroatoms. The van der Waals surface area contributed by atoms with E-state index >= 15 is 0 Å². The number of fused-ring (bicyclic) bond motifs is 1. The van der Waals surface area contributed by atoms with Crippen LogP contribution in [0.25, 0.3) is 22.4 Å². The van der Waals surface area contributed by atoms with Gasteiger partial charge >= 0.3 is 0 Å². The average molecular weight is 361 g/mol. The molecule has 2 aromatic carbocycles. The largest absolute Gasteiger partial charge is 0.338 e. The molecule has 4 nitrogen and oxygen atoms in total. The van der Waals surface area contributed by atoms with E-state index in [4.69, 9.17) is 0 Å². The summed E-state index contributed by atoms with van der Waals surface area (Å²) in [6.45, 7) is 0. The second kappa shape index (κ2) is 7.54. The molecule has 0 aliphatic rings. The molecule has 0 bridgehead atoms. The summed E-state index contributed by atoms with van der Waals surface area (Å²) in [5.41, 5.74) is 3.78. The monoisotopic (exact) mass is 361 g/mol. The molecule has 2 aromatic heterocycles. The number of H-pyrrole nitrogens is 1. The van der Waals surface area contributed by atoms with Crippen molar-refractivity contribution in [2.24, 2.45) is 0 Å². The van der Waals surface area contributed by atoms with Crippen molar-refractivity contribution in [3.63, 3.8) is 0 Å². The summed E-state index contributed by atoms with van der Waals surface area (Å²) in [5, 5.41) is 5.03. The minimum Gasteiger partial charge on any atom is -0.338 e. The number of para-hydroxylation sites is 2. The first-order chi connectivity index (χ1) is 12.8. The van der Waals surface area contributed by atoms with Gasteiger partial charge in [-0.3, -0.25) is 4.79 Å². The van der Waals surface area contributed by atoms with E-state index in [2.05, 4.69) is 26.7 Å². The summed E-state index contributed by atoms with van der Waals surface area (Å²) >= 11 is 1.74. The predicted octanol–water partition coefficient (Wildman–Crippen LogP) is 5.25. The fraction of sp³-hybridized carbons (Fsp3) is 0.143. The molecule has 0 saturated carbocycles. The Labute approximate surface area is 155 Å². The molecule has 0 saturated heterocycles. The molecule has 0 atom stereocenters. The van der Waals surface area contributed by atoms with Crippen LogP contribution in [0.1, 0.15) is 17.7 Å². The third kappa shape index (κ3) is 3.83. The van der Waals surface area contributed by atoms with Crippen LogP contribution in [0.3, 0.4) is 0 Å². The van der Waals surface area contributed by atoms with Gasteiger partial charge in [0.15, 0.2) is 0 Å². The predicted molar refractivity (Wildman–Crippen MR) is 107 cm³/mol. The van der Waals surface area contributed by atoms with E-state index in [0.717, 1.165) is 41.0 Å². The van der Waals surface area contributed by atoms with Crippen molar-refractivity contribution in [2.75, 3.05) is 5.32 Å². The van der Waals surface area contributed by atoms with E-state index in [1.807, 2.05) is 54.6 Å². The first-order valence-electron chi connectivity index (χ1n) is 8.65. The van der Waals surface area contributed by atoms with Gasteiger partial charge in [-0.05, 0) is 60.7 Å².